The highest BCUT2D eigenvalue weighted by molar-refractivity contribution is 7.55. The van der Waals surface area contributed by atoms with E-state index in [0.717, 1.165) is 19.3 Å². The van der Waals surface area contributed by atoms with Crippen LogP contribution in [0.2, 0.25) is 18.1 Å². The molecule has 1 rings (SSSR count). The minimum Gasteiger partial charge on any atom is -0.469 e. The standard InChI is InChI=1S/C17H35O6PSi/c1-16(2,3)25(7,8)23-17(24(19,21-5)22-6)12-10-9-11-14(17)13-15(18)20-4/h14H,9-13H2,1-8H3. The van der Waals surface area contributed by atoms with E-state index in [4.69, 9.17) is 18.2 Å². The molecule has 8 heteroatoms. The van der Waals surface area contributed by atoms with Gasteiger partial charge in [-0.15, -0.1) is 0 Å². The Morgan fingerprint density at radius 3 is 2.16 bits per heavy atom. The zero-order valence-electron chi connectivity index (χ0n) is 17.0. The summed E-state index contributed by atoms with van der Waals surface area (Å²) in [5.41, 5.74) is 0. The van der Waals surface area contributed by atoms with Crippen LogP contribution in [0.4, 0.5) is 0 Å². The van der Waals surface area contributed by atoms with Crippen LogP contribution in [-0.4, -0.2) is 41.0 Å². The Labute approximate surface area is 153 Å². The lowest BCUT2D eigenvalue weighted by molar-refractivity contribution is -0.144. The van der Waals surface area contributed by atoms with E-state index in [9.17, 15) is 9.36 Å². The number of ether oxygens (including phenoxy) is 1. The Hall–Kier alpha value is -0.203. The highest BCUT2D eigenvalue weighted by atomic mass is 31.2. The van der Waals surface area contributed by atoms with Crippen molar-refractivity contribution in [2.45, 2.75) is 76.3 Å². The van der Waals surface area contributed by atoms with Gasteiger partial charge in [-0.05, 0) is 37.4 Å². The van der Waals surface area contributed by atoms with Crippen molar-refractivity contribution < 1.29 is 27.6 Å². The van der Waals surface area contributed by atoms with Gasteiger partial charge in [-0.25, -0.2) is 0 Å². The van der Waals surface area contributed by atoms with E-state index >= 15 is 0 Å². The lowest BCUT2D eigenvalue weighted by Crippen LogP contribution is -2.54. The predicted octanol–water partition coefficient (Wildman–Crippen LogP) is 4.94. The molecule has 0 bridgehead atoms. The van der Waals surface area contributed by atoms with Crippen molar-refractivity contribution in [3.05, 3.63) is 0 Å². The van der Waals surface area contributed by atoms with Crippen LogP contribution in [0.15, 0.2) is 0 Å². The summed E-state index contributed by atoms with van der Waals surface area (Å²) >= 11 is 0. The molecule has 0 aromatic rings. The Balaban J connectivity index is 3.45. The minimum atomic E-state index is -3.57. The van der Waals surface area contributed by atoms with E-state index < -0.39 is 21.3 Å². The third-order valence-electron chi connectivity index (χ3n) is 5.80. The molecule has 0 amide bonds. The average molecular weight is 395 g/mol. The normalized spacial score (nSPS) is 25.7. The Kier molecular flexibility index (Phi) is 7.51. The number of hydrogen-bond donors (Lipinski definition) is 0. The van der Waals surface area contributed by atoms with E-state index in [0.29, 0.717) is 6.42 Å². The summed E-state index contributed by atoms with van der Waals surface area (Å²) in [5.74, 6) is -0.581. The Morgan fingerprint density at radius 2 is 1.72 bits per heavy atom. The van der Waals surface area contributed by atoms with Crippen LogP contribution in [0.25, 0.3) is 0 Å². The summed E-state index contributed by atoms with van der Waals surface area (Å²) in [6.45, 7) is 10.6. The number of methoxy groups -OCH3 is 1. The van der Waals surface area contributed by atoms with Gasteiger partial charge in [-0.1, -0.05) is 27.2 Å². The van der Waals surface area contributed by atoms with E-state index in [1.54, 1.807) is 0 Å². The molecule has 2 unspecified atom stereocenters. The lowest BCUT2D eigenvalue weighted by atomic mass is 9.83. The maximum atomic E-state index is 13.6. The molecule has 1 aliphatic rings. The van der Waals surface area contributed by atoms with Crippen LogP contribution in [0.5, 0.6) is 0 Å². The Morgan fingerprint density at radius 1 is 1.16 bits per heavy atom. The highest BCUT2D eigenvalue weighted by Crippen LogP contribution is 2.68. The smallest absolute Gasteiger partial charge is 0.360 e. The first-order chi connectivity index (χ1) is 11.4. The topological polar surface area (TPSA) is 71.1 Å². The molecule has 0 aliphatic heterocycles. The lowest BCUT2D eigenvalue weighted by Gasteiger charge is -2.52. The molecule has 2 atom stereocenters. The van der Waals surface area contributed by atoms with Gasteiger partial charge in [0.25, 0.3) is 0 Å². The number of rotatable bonds is 7. The third-order valence-corrected chi connectivity index (χ3v) is 13.0. The molecule has 6 nitrogen and oxygen atoms in total. The average Bonchev–Trinajstić information content (AvgIpc) is 2.54. The number of esters is 1. The summed E-state index contributed by atoms with van der Waals surface area (Å²) < 4.78 is 36.1. The summed E-state index contributed by atoms with van der Waals surface area (Å²) in [5, 5.41) is -1.18. The van der Waals surface area contributed by atoms with Gasteiger partial charge in [0.1, 0.15) is 0 Å². The predicted molar refractivity (Wildman–Crippen MR) is 101 cm³/mol. The summed E-state index contributed by atoms with van der Waals surface area (Å²) in [7, 11) is -1.71. The maximum absolute atomic E-state index is 13.6. The second kappa shape index (κ2) is 8.22. The molecule has 0 heterocycles. The van der Waals surface area contributed by atoms with Gasteiger partial charge in [0.2, 0.25) is 0 Å². The monoisotopic (exact) mass is 394 g/mol. The Bertz CT molecular complexity index is 508. The largest absolute Gasteiger partial charge is 0.469 e. The first-order valence-electron chi connectivity index (χ1n) is 8.87. The number of carbonyl (C=O) groups excluding carboxylic acids is 1. The molecule has 0 spiro atoms. The van der Waals surface area contributed by atoms with Gasteiger partial charge < -0.3 is 18.2 Å². The zero-order valence-corrected chi connectivity index (χ0v) is 18.9. The molecular formula is C17H35O6PSi. The van der Waals surface area contributed by atoms with Crippen molar-refractivity contribution in [2.75, 3.05) is 21.3 Å². The van der Waals surface area contributed by atoms with Gasteiger partial charge >= 0.3 is 13.6 Å². The van der Waals surface area contributed by atoms with Gasteiger partial charge in [0.15, 0.2) is 13.7 Å². The fraction of sp³-hybridized carbons (Fsp3) is 0.941. The molecule has 1 saturated carbocycles. The van der Waals surface area contributed by atoms with Crippen LogP contribution in [0, 0.1) is 5.92 Å². The van der Waals surface area contributed by atoms with Gasteiger partial charge in [0, 0.05) is 20.1 Å². The van der Waals surface area contributed by atoms with Gasteiger partial charge in [0.05, 0.1) is 13.5 Å². The van der Waals surface area contributed by atoms with Crippen molar-refractivity contribution >= 4 is 21.9 Å². The van der Waals surface area contributed by atoms with E-state index in [-0.39, 0.29) is 23.3 Å². The van der Waals surface area contributed by atoms with Gasteiger partial charge in [-0.2, -0.15) is 0 Å². The highest BCUT2D eigenvalue weighted by Gasteiger charge is 2.61. The molecule has 0 N–H and O–H groups in total. The molecule has 25 heavy (non-hydrogen) atoms. The third kappa shape index (κ3) is 4.56. The first kappa shape index (κ1) is 22.8. The van der Waals surface area contributed by atoms with Crippen LogP contribution in [0.3, 0.4) is 0 Å². The molecule has 0 saturated heterocycles. The van der Waals surface area contributed by atoms with Crippen LogP contribution in [0.1, 0.15) is 52.9 Å². The summed E-state index contributed by atoms with van der Waals surface area (Å²) in [6, 6.07) is 0. The fourth-order valence-electron chi connectivity index (χ4n) is 3.27. The van der Waals surface area contributed by atoms with Crippen molar-refractivity contribution in [1.29, 1.82) is 0 Å². The number of hydrogen-bond acceptors (Lipinski definition) is 6. The van der Waals surface area contributed by atoms with Gasteiger partial charge in [-0.3, -0.25) is 9.36 Å². The van der Waals surface area contributed by atoms with Crippen molar-refractivity contribution in [2.24, 2.45) is 5.92 Å². The quantitative estimate of drug-likeness (QED) is 0.346. The molecule has 1 fully saturated rings. The van der Waals surface area contributed by atoms with Crippen molar-refractivity contribution in [3.8, 4) is 0 Å². The van der Waals surface area contributed by atoms with E-state index in [1.165, 1.54) is 21.3 Å². The molecular weight excluding hydrogens is 359 g/mol. The molecule has 0 radical (unpaired) electrons. The summed E-state index contributed by atoms with van der Waals surface area (Å²) in [4.78, 5) is 12.0. The maximum Gasteiger partial charge on any atom is 0.360 e. The van der Waals surface area contributed by atoms with Crippen molar-refractivity contribution in [3.63, 3.8) is 0 Å². The van der Waals surface area contributed by atoms with Crippen LogP contribution < -0.4 is 0 Å². The second-order valence-electron chi connectivity index (χ2n) is 8.29. The molecule has 1 aliphatic carbocycles. The van der Waals surface area contributed by atoms with E-state index in [1.807, 2.05) is 0 Å². The zero-order chi connectivity index (χ0) is 19.5. The number of carbonyl (C=O) groups is 1. The molecule has 0 aromatic carbocycles. The summed E-state index contributed by atoms with van der Waals surface area (Å²) in [6.07, 6.45) is 3.27. The fourth-order valence-corrected chi connectivity index (χ4v) is 7.73. The molecule has 148 valence electrons. The van der Waals surface area contributed by atoms with E-state index in [2.05, 4.69) is 33.9 Å². The SMILES string of the molecule is COC(=O)CC1CCCCC1(O[Si](C)(C)C(C)(C)C)P(=O)(OC)OC. The first-order valence-corrected chi connectivity index (χ1v) is 13.3. The van der Waals surface area contributed by atoms with Crippen molar-refractivity contribution in [1.82, 2.24) is 0 Å². The molecule has 0 aromatic heterocycles. The minimum absolute atomic E-state index is 0.0699. The van der Waals surface area contributed by atoms with Crippen LogP contribution in [-0.2, 0) is 27.6 Å². The van der Waals surface area contributed by atoms with Crippen LogP contribution >= 0.6 is 7.60 Å². The second-order valence-corrected chi connectivity index (χ2v) is 15.5.